The fraction of sp³-hybridized carbons (Fsp3) is 0.721. The second kappa shape index (κ2) is 55.2. The molecule has 67 heavy (non-hydrogen) atoms. The van der Waals surface area contributed by atoms with Crippen LogP contribution in [0.1, 0.15) is 265 Å². The van der Waals surface area contributed by atoms with Crippen molar-refractivity contribution in [3.8, 4) is 0 Å². The molecule has 6 heteroatoms. The largest absolute Gasteiger partial charge is 0.462 e. The molecule has 0 aromatic rings. The smallest absolute Gasteiger partial charge is 0.306 e. The van der Waals surface area contributed by atoms with Crippen LogP contribution >= 0.6 is 0 Å². The first-order valence-electron chi connectivity index (χ1n) is 28.1. The lowest BCUT2D eigenvalue weighted by atomic mass is 10.0. The second-order valence-electron chi connectivity index (χ2n) is 18.5. The van der Waals surface area contributed by atoms with Crippen LogP contribution in [0.5, 0.6) is 0 Å². The van der Waals surface area contributed by atoms with Crippen molar-refractivity contribution in [2.45, 2.75) is 271 Å². The topological polar surface area (TPSA) is 78.9 Å². The summed E-state index contributed by atoms with van der Waals surface area (Å²) in [4.78, 5) is 38.0. The van der Waals surface area contributed by atoms with Gasteiger partial charge in [-0.15, -0.1) is 0 Å². The lowest BCUT2D eigenvalue weighted by Gasteiger charge is -2.18. The number of rotatable bonds is 50. The summed E-state index contributed by atoms with van der Waals surface area (Å²) in [5, 5.41) is 0. The van der Waals surface area contributed by atoms with Crippen LogP contribution in [0, 0.1) is 0 Å². The van der Waals surface area contributed by atoms with E-state index in [-0.39, 0.29) is 44.0 Å². The highest BCUT2D eigenvalue weighted by molar-refractivity contribution is 5.71. The Bertz CT molecular complexity index is 1300. The zero-order chi connectivity index (χ0) is 48.6. The normalized spacial score (nSPS) is 12.7. The van der Waals surface area contributed by atoms with Gasteiger partial charge in [-0.1, -0.05) is 254 Å². The van der Waals surface area contributed by atoms with Crippen LogP contribution in [0.25, 0.3) is 0 Å². The van der Waals surface area contributed by atoms with Gasteiger partial charge in [0.05, 0.1) is 0 Å². The number of unbranched alkanes of at least 4 members (excludes halogenated alkanes) is 25. The van der Waals surface area contributed by atoms with Crippen molar-refractivity contribution in [2.24, 2.45) is 0 Å². The molecule has 1 atom stereocenters. The first kappa shape index (κ1) is 63.6. The quantitative estimate of drug-likeness (QED) is 0.0262. The van der Waals surface area contributed by atoms with Gasteiger partial charge in [0.1, 0.15) is 13.2 Å². The summed E-state index contributed by atoms with van der Waals surface area (Å²) in [6.07, 6.45) is 71.7. The molecule has 0 bridgehead atoms. The summed E-state index contributed by atoms with van der Waals surface area (Å²) in [6, 6.07) is 0. The highest BCUT2D eigenvalue weighted by Crippen LogP contribution is 2.16. The molecule has 0 rings (SSSR count). The van der Waals surface area contributed by atoms with E-state index in [2.05, 4.69) is 99.8 Å². The third-order valence-electron chi connectivity index (χ3n) is 11.9. The SMILES string of the molecule is CC/C=C/C/C=C/C/C=C/C/C=C/C/C=C/CCCC(=O)OC(COC(=O)CC/C=C/C/C=C/CCCCCCCC)COC(=O)CCCCCCCCCCCCCCCCCCCCC. The number of esters is 3. The van der Waals surface area contributed by atoms with Crippen LogP contribution in [0.4, 0.5) is 0 Å². The Morgan fingerprint density at radius 2 is 0.627 bits per heavy atom. The van der Waals surface area contributed by atoms with E-state index in [1.807, 2.05) is 6.08 Å². The van der Waals surface area contributed by atoms with Gasteiger partial charge in [0, 0.05) is 19.3 Å². The van der Waals surface area contributed by atoms with E-state index in [0.717, 1.165) is 70.6 Å². The van der Waals surface area contributed by atoms with Gasteiger partial charge in [-0.3, -0.25) is 14.4 Å². The molecule has 0 N–H and O–H groups in total. The Balaban J connectivity index is 4.47. The molecule has 384 valence electrons. The second-order valence-corrected chi connectivity index (χ2v) is 18.5. The molecule has 0 aliphatic rings. The Hall–Kier alpha value is -3.41. The monoisotopic (exact) mass is 933 g/mol. The molecule has 0 amide bonds. The van der Waals surface area contributed by atoms with E-state index in [9.17, 15) is 14.4 Å². The summed E-state index contributed by atoms with van der Waals surface area (Å²) in [5.41, 5.74) is 0. The molecular formula is C61H104O6. The van der Waals surface area contributed by atoms with Crippen LogP contribution in [0.2, 0.25) is 0 Å². The van der Waals surface area contributed by atoms with E-state index >= 15 is 0 Å². The van der Waals surface area contributed by atoms with Gasteiger partial charge in [0.15, 0.2) is 6.10 Å². The van der Waals surface area contributed by atoms with Crippen molar-refractivity contribution < 1.29 is 28.6 Å². The maximum atomic E-state index is 12.8. The average Bonchev–Trinajstić information content (AvgIpc) is 3.33. The van der Waals surface area contributed by atoms with Crippen molar-refractivity contribution in [1.82, 2.24) is 0 Å². The standard InChI is InChI=1S/C61H104O6/c1-4-7-10-13-16-19-22-25-27-29-30-32-33-36-39-42-45-48-51-54-60(63)66-57-58(56-65-59(62)53-50-47-44-41-38-35-24-21-18-15-12-9-6-3)67-61(64)55-52-49-46-43-40-37-34-31-28-26-23-20-17-14-11-8-5-2/h8,11,17,20,26,28,34-35,37-38,43-44,46-47,58H,4-7,9-10,12-16,18-19,21-25,27,29-33,36,39-42,45,48-57H2,1-3H3/b11-8+,20-17+,28-26+,37-34+,38-35+,46-43+,47-44+. The molecule has 0 aliphatic heterocycles. The molecule has 0 radical (unpaired) electrons. The van der Waals surface area contributed by atoms with Crippen molar-refractivity contribution >= 4 is 17.9 Å². The average molecular weight is 933 g/mol. The molecule has 0 saturated heterocycles. The van der Waals surface area contributed by atoms with Gasteiger partial charge in [-0.25, -0.2) is 0 Å². The number of carbonyl (C=O) groups excluding carboxylic acids is 3. The number of hydrogen-bond donors (Lipinski definition) is 0. The molecule has 0 saturated carbocycles. The van der Waals surface area contributed by atoms with Crippen molar-refractivity contribution in [3.05, 3.63) is 85.1 Å². The van der Waals surface area contributed by atoms with Crippen LogP contribution in [-0.4, -0.2) is 37.2 Å². The van der Waals surface area contributed by atoms with Crippen molar-refractivity contribution in [2.75, 3.05) is 13.2 Å². The fourth-order valence-corrected chi connectivity index (χ4v) is 7.71. The zero-order valence-corrected chi connectivity index (χ0v) is 43.9. The van der Waals surface area contributed by atoms with E-state index in [1.165, 1.54) is 141 Å². The van der Waals surface area contributed by atoms with Crippen molar-refractivity contribution in [3.63, 3.8) is 0 Å². The molecule has 0 heterocycles. The Kier molecular flexibility index (Phi) is 52.4. The van der Waals surface area contributed by atoms with E-state index in [4.69, 9.17) is 14.2 Å². The van der Waals surface area contributed by atoms with Gasteiger partial charge in [-0.2, -0.15) is 0 Å². The summed E-state index contributed by atoms with van der Waals surface area (Å²) < 4.78 is 16.7. The van der Waals surface area contributed by atoms with Gasteiger partial charge in [-0.05, 0) is 77.0 Å². The van der Waals surface area contributed by atoms with Crippen molar-refractivity contribution in [1.29, 1.82) is 0 Å². The molecule has 6 nitrogen and oxygen atoms in total. The maximum Gasteiger partial charge on any atom is 0.306 e. The lowest BCUT2D eigenvalue weighted by molar-refractivity contribution is -0.166. The number of hydrogen-bond acceptors (Lipinski definition) is 6. The molecule has 1 unspecified atom stereocenters. The highest BCUT2D eigenvalue weighted by Gasteiger charge is 2.19. The minimum absolute atomic E-state index is 0.114. The van der Waals surface area contributed by atoms with E-state index in [1.54, 1.807) is 0 Å². The maximum absolute atomic E-state index is 12.8. The first-order chi connectivity index (χ1) is 33.0. The number of allylic oxidation sites excluding steroid dienone is 14. The summed E-state index contributed by atoms with van der Waals surface area (Å²) in [5.74, 6) is -1.04. The predicted molar refractivity (Wildman–Crippen MR) is 288 cm³/mol. The van der Waals surface area contributed by atoms with Crippen LogP contribution in [0.3, 0.4) is 0 Å². The molecular weight excluding hydrogens is 829 g/mol. The molecule has 0 aromatic heterocycles. The molecule has 0 aromatic carbocycles. The van der Waals surface area contributed by atoms with Gasteiger partial charge in [0.2, 0.25) is 0 Å². The Morgan fingerprint density at radius 3 is 1.04 bits per heavy atom. The minimum atomic E-state index is -0.827. The molecule has 0 spiro atoms. The summed E-state index contributed by atoms with van der Waals surface area (Å²) in [7, 11) is 0. The molecule has 0 fully saturated rings. The van der Waals surface area contributed by atoms with E-state index in [0.29, 0.717) is 19.3 Å². The van der Waals surface area contributed by atoms with Gasteiger partial charge >= 0.3 is 17.9 Å². The molecule has 0 aliphatic carbocycles. The number of ether oxygens (including phenoxy) is 3. The van der Waals surface area contributed by atoms with Gasteiger partial charge < -0.3 is 14.2 Å². The first-order valence-corrected chi connectivity index (χ1v) is 28.1. The van der Waals surface area contributed by atoms with Crippen LogP contribution < -0.4 is 0 Å². The highest BCUT2D eigenvalue weighted by atomic mass is 16.6. The van der Waals surface area contributed by atoms with Gasteiger partial charge in [0.25, 0.3) is 0 Å². The minimum Gasteiger partial charge on any atom is -0.462 e. The summed E-state index contributed by atoms with van der Waals surface area (Å²) in [6.45, 7) is 6.43. The van der Waals surface area contributed by atoms with Crippen LogP contribution in [0.15, 0.2) is 85.1 Å². The zero-order valence-electron chi connectivity index (χ0n) is 43.9. The number of carbonyl (C=O) groups is 3. The predicted octanol–water partition coefficient (Wildman–Crippen LogP) is 18.8. The Labute approximate surface area is 414 Å². The third kappa shape index (κ3) is 53.4. The van der Waals surface area contributed by atoms with E-state index < -0.39 is 6.10 Å². The fourth-order valence-electron chi connectivity index (χ4n) is 7.71. The van der Waals surface area contributed by atoms with Crippen LogP contribution in [-0.2, 0) is 28.6 Å². The summed E-state index contributed by atoms with van der Waals surface area (Å²) >= 11 is 0. The Morgan fingerprint density at radius 1 is 0.313 bits per heavy atom. The lowest BCUT2D eigenvalue weighted by Crippen LogP contribution is -2.30. The third-order valence-corrected chi connectivity index (χ3v) is 11.9.